The highest BCUT2D eigenvalue weighted by molar-refractivity contribution is 4.88. The molecule has 0 saturated carbocycles. The molecule has 1 unspecified atom stereocenters. The van der Waals surface area contributed by atoms with Crippen molar-refractivity contribution in [3.05, 3.63) is 0 Å². The molecule has 1 aliphatic rings. The molecule has 0 aromatic carbocycles. The van der Waals surface area contributed by atoms with E-state index in [-0.39, 0.29) is 6.10 Å². The lowest BCUT2D eigenvalue weighted by molar-refractivity contribution is 0.115. The second-order valence-corrected chi connectivity index (χ2v) is 5.15. The summed E-state index contributed by atoms with van der Waals surface area (Å²) >= 11 is 0. The highest BCUT2D eigenvalue weighted by Gasteiger charge is 2.35. The number of nitrogens with zero attached hydrogens (tertiary/aromatic N) is 1. The van der Waals surface area contributed by atoms with Crippen LogP contribution in [0.1, 0.15) is 40.0 Å². The monoisotopic (exact) mass is 228 g/mol. The van der Waals surface area contributed by atoms with Crippen molar-refractivity contribution in [2.45, 2.75) is 46.1 Å². The third-order valence-electron chi connectivity index (χ3n) is 4.12. The van der Waals surface area contributed by atoms with Crippen LogP contribution in [0.25, 0.3) is 0 Å². The molecule has 0 bridgehead atoms. The summed E-state index contributed by atoms with van der Waals surface area (Å²) < 4.78 is 0. The minimum atomic E-state index is -0.218. The lowest BCUT2D eigenvalue weighted by atomic mass is 9.82. The minimum absolute atomic E-state index is 0.218. The smallest absolute Gasteiger partial charge is 0.0791 e. The van der Waals surface area contributed by atoms with Crippen molar-refractivity contribution in [3.63, 3.8) is 0 Å². The molecular weight excluding hydrogens is 200 g/mol. The predicted molar refractivity (Wildman–Crippen MR) is 68.6 cm³/mol. The molecule has 0 aromatic heterocycles. The molecular formula is C13H28N2O. The fourth-order valence-electron chi connectivity index (χ4n) is 2.68. The molecule has 3 nitrogen and oxygen atoms in total. The van der Waals surface area contributed by atoms with Gasteiger partial charge in [0, 0.05) is 19.6 Å². The van der Waals surface area contributed by atoms with E-state index in [4.69, 9.17) is 0 Å². The van der Waals surface area contributed by atoms with Gasteiger partial charge >= 0.3 is 0 Å². The first-order chi connectivity index (χ1) is 7.65. The topological polar surface area (TPSA) is 35.5 Å². The normalized spacial score (nSPS) is 22.5. The van der Waals surface area contributed by atoms with E-state index in [9.17, 15) is 5.11 Å². The minimum Gasteiger partial charge on any atom is -0.390 e. The van der Waals surface area contributed by atoms with Crippen LogP contribution >= 0.6 is 0 Å². The zero-order valence-electron chi connectivity index (χ0n) is 11.1. The van der Waals surface area contributed by atoms with Gasteiger partial charge in [-0.05, 0) is 37.8 Å². The highest BCUT2D eigenvalue weighted by Crippen LogP contribution is 2.36. The maximum absolute atomic E-state index is 9.85. The third-order valence-corrected chi connectivity index (χ3v) is 4.12. The van der Waals surface area contributed by atoms with Gasteiger partial charge in [-0.1, -0.05) is 20.8 Å². The summed E-state index contributed by atoms with van der Waals surface area (Å²) in [5, 5.41) is 13.0. The Balaban J connectivity index is 2.30. The average molecular weight is 228 g/mol. The number of likely N-dealkylation sites (N-methyl/N-ethyl adjacent to an activating group) is 1. The number of likely N-dealkylation sites (tertiary alicyclic amines) is 1. The summed E-state index contributed by atoms with van der Waals surface area (Å²) in [6.45, 7) is 11.5. The van der Waals surface area contributed by atoms with Crippen LogP contribution in [0.3, 0.4) is 0 Å². The summed E-state index contributed by atoms with van der Waals surface area (Å²) in [7, 11) is 0. The van der Waals surface area contributed by atoms with Crippen LogP contribution < -0.4 is 5.32 Å². The van der Waals surface area contributed by atoms with Crippen molar-refractivity contribution < 1.29 is 5.11 Å². The summed E-state index contributed by atoms with van der Waals surface area (Å²) in [6.07, 6.45) is 3.62. The molecule has 0 aromatic rings. The van der Waals surface area contributed by atoms with Crippen LogP contribution in [-0.2, 0) is 0 Å². The van der Waals surface area contributed by atoms with Gasteiger partial charge in [0.2, 0.25) is 0 Å². The van der Waals surface area contributed by atoms with E-state index in [0.717, 1.165) is 26.2 Å². The maximum Gasteiger partial charge on any atom is 0.0791 e. The van der Waals surface area contributed by atoms with E-state index in [1.165, 1.54) is 25.8 Å². The number of aliphatic hydroxyl groups is 1. The molecule has 0 radical (unpaired) electrons. The molecule has 1 saturated heterocycles. The molecule has 3 heteroatoms. The van der Waals surface area contributed by atoms with Crippen LogP contribution in [0.2, 0.25) is 0 Å². The molecule has 16 heavy (non-hydrogen) atoms. The van der Waals surface area contributed by atoms with Gasteiger partial charge in [-0.25, -0.2) is 0 Å². The molecule has 0 amide bonds. The average Bonchev–Trinajstić information content (AvgIpc) is 2.70. The van der Waals surface area contributed by atoms with Gasteiger partial charge in [-0.2, -0.15) is 0 Å². The third kappa shape index (κ3) is 3.72. The Morgan fingerprint density at radius 1 is 1.31 bits per heavy atom. The lowest BCUT2D eigenvalue weighted by Crippen LogP contribution is -2.38. The predicted octanol–water partition coefficient (Wildman–Crippen LogP) is 1.47. The molecule has 0 spiro atoms. The molecule has 1 aliphatic heterocycles. The number of hydrogen-bond acceptors (Lipinski definition) is 3. The SMILES string of the molecule is CCNCC(O)CN1CCC(CC)(CC)C1. The van der Waals surface area contributed by atoms with E-state index in [0.29, 0.717) is 5.41 Å². The van der Waals surface area contributed by atoms with Crippen molar-refractivity contribution in [3.8, 4) is 0 Å². The number of rotatable bonds is 7. The standard InChI is InChI=1S/C13H28N2O/c1-4-13(5-2)7-8-15(11-13)10-12(16)9-14-6-3/h12,14,16H,4-11H2,1-3H3. The van der Waals surface area contributed by atoms with Gasteiger partial charge in [-0.3, -0.25) is 0 Å². The van der Waals surface area contributed by atoms with Gasteiger partial charge in [0.05, 0.1) is 6.10 Å². The zero-order chi connectivity index (χ0) is 12.0. The highest BCUT2D eigenvalue weighted by atomic mass is 16.3. The summed E-state index contributed by atoms with van der Waals surface area (Å²) in [5.41, 5.74) is 0.526. The Kier molecular flexibility index (Phi) is 5.73. The van der Waals surface area contributed by atoms with E-state index >= 15 is 0 Å². The van der Waals surface area contributed by atoms with E-state index in [1.807, 2.05) is 0 Å². The number of β-amino-alcohol motifs (C(OH)–C–C–N with tert-alkyl or cyclic N) is 1. The molecule has 1 atom stereocenters. The van der Waals surface area contributed by atoms with Gasteiger partial charge < -0.3 is 15.3 Å². The van der Waals surface area contributed by atoms with Gasteiger partial charge in [0.1, 0.15) is 0 Å². The van der Waals surface area contributed by atoms with Crippen molar-refractivity contribution in [2.75, 3.05) is 32.7 Å². The fourth-order valence-corrected chi connectivity index (χ4v) is 2.68. The molecule has 1 heterocycles. The second kappa shape index (κ2) is 6.58. The van der Waals surface area contributed by atoms with Crippen LogP contribution in [0.15, 0.2) is 0 Å². The fraction of sp³-hybridized carbons (Fsp3) is 1.00. The van der Waals surface area contributed by atoms with Crippen molar-refractivity contribution in [1.82, 2.24) is 10.2 Å². The first-order valence-electron chi connectivity index (χ1n) is 6.77. The van der Waals surface area contributed by atoms with Crippen molar-refractivity contribution in [1.29, 1.82) is 0 Å². The van der Waals surface area contributed by atoms with Crippen LogP contribution in [0, 0.1) is 5.41 Å². The van der Waals surface area contributed by atoms with Crippen molar-refractivity contribution >= 4 is 0 Å². The van der Waals surface area contributed by atoms with Gasteiger partial charge in [-0.15, -0.1) is 0 Å². The van der Waals surface area contributed by atoms with E-state index < -0.39 is 0 Å². The number of aliphatic hydroxyl groups excluding tert-OH is 1. The first-order valence-corrected chi connectivity index (χ1v) is 6.77. The second-order valence-electron chi connectivity index (χ2n) is 5.15. The zero-order valence-corrected chi connectivity index (χ0v) is 11.1. The lowest BCUT2D eigenvalue weighted by Gasteiger charge is -2.27. The molecule has 2 N–H and O–H groups in total. The van der Waals surface area contributed by atoms with Gasteiger partial charge in [0.15, 0.2) is 0 Å². The Labute approximate surface area is 100 Å². The Morgan fingerprint density at radius 3 is 2.50 bits per heavy atom. The molecule has 0 aliphatic carbocycles. The summed E-state index contributed by atoms with van der Waals surface area (Å²) in [4.78, 5) is 2.43. The van der Waals surface area contributed by atoms with E-state index in [2.05, 4.69) is 31.0 Å². The molecule has 1 fully saturated rings. The first kappa shape index (κ1) is 13.9. The Bertz CT molecular complexity index is 192. The number of nitrogens with one attached hydrogen (secondary N) is 1. The summed E-state index contributed by atoms with van der Waals surface area (Å²) in [6, 6.07) is 0. The van der Waals surface area contributed by atoms with Crippen LogP contribution in [-0.4, -0.2) is 48.8 Å². The Hall–Kier alpha value is -0.120. The largest absolute Gasteiger partial charge is 0.390 e. The quantitative estimate of drug-likeness (QED) is 0.692. The van der Waals surface area contributed by atoms with Gasteiger partial charge in [0.25, 0.3) is 0 Å². The molecule has 96 valence electrons. The number of hydrogen-bond donors (Lipinski definition) is 2. The van der Waals surface area contributed by atoms with E-state index in [1.54, 1.807) is 0 Å². The molecule has 1 rings (SSSR count). The summed E-state index contributed by atoms with van der Waals surface area (Å²) in [5.74, 6) is 0. The van der Waals surface area contributed by atoms with Crippen LogP contribution in [0.4, 0.5) is 0 Å². The van der Waals surface area contributed by atoms with Crippen LogP contribution in [0.5, 0.6) is 0 Å². The Morgan fingerprint density at radius 2 is 2.00 bits per heavy atom. The maximum atomic E-state index is 9.85. The van der Waals surface area contributed by atoms with Crippen molar-refractivity contribution in [2.24, 2.45) is 5.41 Å².